The second-order valence-electron chi connectivity index (χ2n) is 10.2. The quantitative estimate of drug-likeness (QED) is 0.0902. The molecule has 0 amide bonds. The van der Waals surface area contributed by atoms with E-state index in [2.05, 4.69) is 13.0 Å². The van der Waals surface area contributed by atoms with Crippen molar-refractivity contribution in [3.05, 3.63) is 105 Å². The average Bonchev–Trinajstić information content (AvgIpc) is 3.01. The lowest BCUT2D eigenvalue weighted by Crippen LogP contribution is -2.22. The minimum atomic E-state index is -0.876. The fraction of sp³-hybridized carbons (Fsp3) is 0.265. The highest BCUT2D eigenvalue weighted by Gasteiger charge is 2.32. The maximum atomic E-state index is 12.9. The summed E-state index contributed by atoms with van der Waals surface area (Å²) in [5.74, 6) is 0.0821. The number of allylic oxidation sites excluding steroid dienone is 1. The molecule has 1 unspecified atom stereocenters. The second-order valence-corrected chi connectivity index (χ2v) is 10.2. The predicted molar refractivity (Wildman–Crippen MR) is 160 cm³/mol. The van der Waals surface area contributed by atoms with Gasteiger partial charge in [0.2, 0.25) is 5.88 Å². The molecule has 2 N–H and O–H groups in total. The molecule has 43 heavy (non-hydrogen) atoms. The number of fused-ring (bicyclic) bond motifs is 2. The lowest BCUT2D eigenvalue weighted by atomic mass is 9.83. The molecular weight excluding hydrogens is 548 g/mol. The molecular formula is C34H32N2O7. The van der Waals surface area contributed by atoms with E-state index in [-0.39, 0.29) is 22.8 Å². The summed E-state index contributed by atoms with van der Waals surface area (Å²) in [6, 6.07) is 20.8. The fourth-order valence-electron chi connectivity index (χ4n) is 5.08. The molecule has 9 heteroatoms. The molecule has 1 atom stereocenters. The number of benzene rings is 3. The molecule has 0 saturated heterocycles. The molecule has 3 aromatic carbocycles. The molecule has 1 aromatic heterocycles. The zero-order chi connectivity index (χ0) is 30.3. The van der Waals surface area contributed by atoms with E-state index in [4.69, 9.17) is 29.1 Å². The third-order valence-electron chi connectivity index (χ3n) is 7.29. The monoisotopic (exact) mass is 580 g/mol. The van der Waals surface area contributed by atoms with Crippen LogP contribution in [0.15, 0.2) is 87.4 Å². The largest absolute Gasteiger partial charge is 0.493 e. The van der Waals surface area contributed by atoms with Crippen molar-refractivity contribution in [3.63, 3.8) is 0 Å². The van der Waals surface area contributed by atoms with Gasteiger partial charge in [-0.05, 0) is 42.3 Å². The van der Waals surface area contributed by atoms with Crippen LogP contribution in [0.1, 0.15) is 66.4 Å². The molecule has 5 rings (SSSR count). The van der Waals surface area contributed by atoms with Gasteiger partial charge in [0.05, 0.1) is 19.6 Å². The highest BCUT2D eigenvalue weighted by atomic mass is 16.5. The Kier molecular flexibility index (Phi) is 8.96. The van der Waals surface area contributed by atoms with Gasteiger partial charge in [0.25, 0.3) is 0 Å². The zero-order valence-corrected chi connectivity index (χ0v) is 24.1. The molecule has 0 aliphatic carbocycles. The van der Waals surface area contributed by atoms with Crippen molar-refractivity contribution < 1.29 is 28.2 Å². The Labute approximate surface area is 249 Å². The van der Waals surface area contributed by atoms with Crippen LogP contribution < -0.4 is 30.3 Å². The van der Waals surface area contributed by atoms with Gasteiger partial charge in [-0.25, -0.2) is 9.59 Å². The van der Waals surface area contributed by atoms with Crippen LogP contribution >= 0.6 is 0 Å². The smallest absolute Gasteiger partial charge is 0.351 e. The Morgan fingerprint density at radius 1 is 1.00 bits per heavy atom. The summed E-state index contributed by atoms with van der Waals surface area (Å²) in [4.78, 5) is 25.3. The summed E-state index contributed by atoms with van der Waals surface area (Å²) in [7, 11) is 1.57. The van der Waals surface area contributed by atoms with Crippen molar-refractivity contribution in [2.24, 2.45) is 5.73 Å². The minimum Gasteiger partial charge on any atom is -0.493 e. The molecule has 0 radical (unpaired) electrons. The number of ether oxygens (including phenoxy) is 4. The Morgan fingerprint density at radius 2 is 1.81 bits per heavy atom. The van der Waals surface area contributed by atoms with E-state index in [1.165, 1.54) is 31.4 Å². The predicted octanol–water partition coefficient (Wildman–Crippen LogP) is 6.59. The van der Waals surface area contributed by atoms with Crippen molar-refractivity contribution in [2.45, 2.75) is 44.9 Å². The number of methoxy groups -OCH3 is 1. The summed E-state index contributed by atoms with van der Waals surface area (Å²) >= 11 is 0. The normalized spacial score (nSPS) is 14.0. The number of carbonyl (C=O) groups excluding carboxylic acids is 1. The number of esters is 1. The van der Waals surface area contributed by atoms with Gasteiger partial charge in [0.15, 0.2) is 11.5 Å². The van der Waals surface area contributed by atoms with E-state index in [1.54, 1.807) is 43.5 Å². The van der Waals surface area contributed by atoms with Gasteiger partial charge in [-0.3, -0.25) is 0 Å². The molecule has 0 spiro atoms. The van der Waals surface area contributed by atoms with Gasteiger partial charge in [-0.1, -0.05) is 62.9 Å². The first-order chi connectivity index (χ1) is 20.9. The van der Waals surface area contributed by atoms with Crippen LogP contribution in [-0.4, -0.2) is 19.7 Å². The van der Waals surface area contributed by atoms with Crippen molar-refractivity contribution in [1.82, 2.24) is 0 Å². The van der Waals surface area contributed by atoms with Crippen LogP contribution in [0, 0.1) is 11.3 Å². The van der Waals surface area contributed by atoms with Gasteiger partial charge in [-0.2, -0.15) is 5.26 Å². The molecule has 0 saturated carbocycles. The first-order valence-corrected chi connectivity index (χ1v) is 14.2. The Bertz CT molecular complexity index is 1780. The molecule has 1 aliphatic heterocycles. The molecule has 220 valence electrons. The molecule has 4 aromatic rings. The standard InChI is InChI=1S/C34H32N2O7/c1-3-4-5-6-9-16-40-28-15-12-22(18-30(28)39-2)31-24-14-13-23(19-29(24)42-32(36)26(31)20-35)41-33(37)25-17-21-10-7-8-11-27(21)43-34(25)38/h7-8,10-15,17-19,31H,3-6,9,16,36H2,1-2H3. The van der Waals surface area contributed by atoms with E-state index in [9.17, 15) is 14.9 Å². The number of unbranched alkanes of at least 4 members (excludes halogenated alkanes) is 4. The number of hydrogen-bond donors (Lipinski definition) is 1. The van der Waals surface area contributed by atoms with Crippen LogP contribution in [-0.2, 0) is 0 Å². The van der Waals surface area contributed by atoms with Crippen molar-refractivity contribution in [1.29, 1.82) is 5.26 Å². The van der Waals surface area contributed by atoms with E-state index >= 15 is 0 Å². The van der Waals surface area contributed by atoms with Crippen LogP contribution in [0.3, 0.4) is 0 Å². The van der Waals surface area contributed by atoms with Gasteiger partial charge in [-0.15, -0.1) is 0 Å². The van der Waals surface area contributed by atoms with Gasteiger partial charge >= 0.3 is 11.6 Å². The molecule has 0 fully saturated rings. The topological polar surface area (TPSA) is 134 Å². The van der Waals surface area contributed by atoms with Gasteiger partial charge < -0.3 is 29.1 Å². The number of rotatable bonds is 11. The Morgan fingerprint density at radius 3 is 2.60 bits per heavy atom. The maximum absolute atomic E-state index is 12.9. The number of nitrogens with zero attached hydrogens (tertiary/aromatic N) is 1. The first kappa shape index (κ1) is 29.3. The Hall–Kier alpha value is -5.23. The summed E-state index contributed by atoms with van der Waals surface area (Å²) in [6.45, 7) is 2.76. The molecule has 2 heterocycles. The van der Waals surface area contributed by atoms with E-state index < -0.39 is 17.5 Å². The SMILES string of the molecule is CCCCCCCOc1ccc(C2C(C#N)=C(N)Oc3cc(OC(=O)c4cc5ccccc5oc4=O)ccc32)cc1OC. The highest BCUT2D eigenvalue weighted by molar-refractivity contribution is 5.94. The molecule has 1 aliphatic rings. The number of carbonyl (C=O) groups is 1. The second kappa shape index (κ2) is 13.2. The van der Waals surface area contributed by atoms with E-state index in [0.29, 0.717) is 40.4 Å². The Balaban J connectivity index is 1.39. The number of hydrogen-bond acceptors (Lipinski definition) is 9. The molecule has 9 nitrogen and oxygen atoms in total. The lowest BCUT2D eigenvalue weighted by molar-refractivity contribution is 0.0730. The molecule has 0 bridgehead atoms. The van der Waals surface area contributed by atoms with Crippen LogP contribution in [0.4, 0.5) is 0 Å². The van der Waals surface area contributed by atoms with Crippen LogP contribution in [0.2, 0.25) is 0 Å². The number of nitrogens with two attached hydrogens (primary N) is 1. The minimum absolute atomic E-state index is 0.0648. The van der Waals surface area contributed by atoms with Crippen molar-refractivity contribution in [2.75, 3.05) is 13.7 Å². The van der Waals surface area contributed by atoms with Crippen molar-refractivity contribution >= 4 is 16.9 Å². The zero-order valence-electron chi connectivity index (χ0n) is 24.1. The summed E-state index contributed by atoms with van der Waals surface area (Å²) in [5.41, 5.74) is 7.12. The van der Waals surface area contributed by atoms with Crippen LogP contribution in [0.5, 0.6) is 23.0 Å². The summed E-state index contributed by atoms with van der Waals surface area (Å²) in [6.07, 6.45) is 5.65. The fourth-order valence-corrected chi connectivity index (χ4v) is 5.08. The summed E-state index contributed by atoms with van der Waals surface area (Å²) < 4.78 is 28.2. The highest BCUT2D eigenvalue weighted by Crippen LogP contribution is 2.45. The van der Waals surface area contributed by atoms with E-state index in [1.807, 2.05) is 18.2 Å². The van der Waals surface area contributed by atoms with Crippen molar-refractivity contribution in [3.8, 4) is 29.1 Å². The maximum Gasteiger partial charge on any atom is 0.351 e. The van der Waals surface area contributed by atoms with E-state index in [0.717, 1.165) is 18.4 Å². The lowest BCUT2D eigenvalue weighted by Gasteiger charge is -2.27. The third kappa shape index (κ3) is 6.33. The van der Waals surface area contributed by atoms with Crippen LogP contribution in [0.25, 0.3) is 11.0 Å². The van der Waals surface area contributed by atoms with Gasteiger partial charge in [0.1, 0.15) is 34.3 Å². The summed E-state index contributed by atoms with van der Waals surface area (Å²) in [5, 5.41) is 10.6. The number of nitriles is 1. The third-order valence-corrected chi connectivity index (χ3v) is 7.29. The average molecular weight is 581 g/mol. The number of para-hydroxylation sites is 1. The first-order valence-electron chi connectivity index (χ1n) is 14.2. The van der Waals surface area contributed by atoms with Gasteiger partial charge in [0, 0.05) is 17.0 Å².